The average molecular weight is 297 g/mol. The second-order valence-corrected chi connectivity index (χ2v) is 5.12. The van der Waals surface area contributed by atoms with Gasteiger partial charge in [0.05, 0.1) is 10.0 Å². The Morgan fingerprint density at radius 2 is 1.84 bits per heavy atom. The molecule has 0 fully saturated rings. The molecule has 4 heteroatoms. The molecule has 0 bridgehead atoms. The topological polar surface area (TPSA) is 17.1 Å². The number of hydrogen-bond acceptors (Lipinski definition) is 1. The molecule has 2 rings (SSSR count). The van der Waals surface area contributed by atoms with Crippen molar-refractivity contribution >= 4 is 29.0 Å². The summed E-state index contributed by atoms with van der Waals surface area (Å²) in [5, 5.41) is 0.874. The first kappa shape index (κ1) is 14.0. The Labute approximate surface area is 121 Å². The molecule has 0 aliphatic rings. The normalized spacial score (nSPS) is 10.5. The summed E-state index contributed by atoms with van der Waals surface area (Å²) in [5.41, 5.74) is 1.93. The molecule has 0 unspecified atom stereocenters. The van der Waals surface area contributed by atoms with Crippen molar-refractivity contribution in [2.45, 2.75) is 13.3 Å². The van der Waals surface area contributed by atoms with E-state index < -0.39 is 0 Å². The van der Waals surface area contributed by atoms with E-state index in [2.05, 4.69) is 0 Å². The highest BCUT2D eigenvalue weighted by Crippen LogP contribution is 2.23. The van der Waals surface area contributed by atoms with Crippen molar-refractivity contribution in [3.63, 3.8) is 0 Å². The zero-order valence-corrected chi connectivity index (χ0v) is 11.7. The van der Waals surface area contributed by atoms with Gasteiger partial charge in [-0.25, -0.2) is 4.39 Å². The lowest BCUT2D eigenvalue weighted by molar-refractivity contribution is 0.0992. The summed E-state index contributed by atoms with van der Waals surface area (Å²) < 4.78 is 13.0. The summed E-state index contributed by atoms with van der Waals surface area (Å²) in [6, 6.07) is 9.22. The molecule has 2 aromatic carbocycles. The van der Waals surface area contributed by atoms with Crippen LogP contribution in [0.5, 0.6) is 0 Å². The van der Waals surface area contributed by atoms with E-state index in [1.54, 1.807) is 25.1 Å². The Kier molecular flexibility index (Phi) is 4.23. The number of halogens is 3. The molecule has 0 saturated heterocycles. The van der Waals surface area contributed by atoms with Crippen LogP contribution in [-0.2, 0) is 6.42 Å². The van der Waals surface area contributed by atoms with Crippen molar-refractivity contribution in [3.8, 4) is 0 Å². The largest absolute Gasteiger partial charge is 0.294 e. The molecule has 0 saturated carbocycles. The first-order valence-electron chi connectivity index (χ1n) is 5.70. The lowest BCUT2D eigenvalue weighted by atomic mass is 9.99. The van der Waals surface area contributed by atoms with E-state index in [1.807, 2.05) is 0 Å². The van der Waals surface area contributed by atoms with Gasteiger partial charge in [0, 0.05) is 12.0 Å². The lowest BCUT2D eigenvalue weighted by Gasteiger charge is -2.06. The third-order valence-corrected chi connectivity index (χ3v) is 3.58. The number of Topliss-reactive ketones (excluding diaryl/α,β-unsaturated/α-hetero) is 1. The summed E-state index contributed by atoms with van der Waals surface area (Å²) in [7, 11) is 0. The summed E-state index contributed by atoms with van der Waals surface area (Å²) in [5.74, 6) is -0.417. The van der Waals surface area contributed by atoms with Crippen LogP contribution in [0.4, 0.5) is 4.39 Å². The smallest absolute Gasteiger partial charge is 0.167 e. The standard InChI is InChI=1S/C15H11Cl2FO/c1-9-6-11(18)3-4-12(9)15(19)8-10-2-5-13(16)14(17)7-10/h2-7H,8H2,1H3. The van der Waals surface area contributed by atoms with Gasteiger partial charge in [-0.1, -0.05) is 29.3 Å². The van der Waals surface area contributed by atoms with Gasteiger partial charge in [-0.2, -0.15) is 0 Å². The zero-order valence-electron chi connectivity index (χ0n) is 10.2. The summed E-state index contributed by atoms with van der Waals surface area (Å²) in [4.78, 5) is 12.1. The van der Waals surface area contributed by atoms with Crippen molar-refractivity contribution in [1.82, 2.24) is 0 Å². The fraction of sp³-hybridized carbons (Fsp3) is 0.133. The van der Waals surface area contributed by atoms with Crippen LogP contribution >= 0.6 is 23.2 Å². The van der Waals surface area contributed by atoms with E-state index in [4.69, 9.17) is 23.2 Å². The Hall–Kier alpha value is -1.38. The zero-order chi connectivity index (χ0) is 14.0. The third kappa shape index (κ3) is 3.34. The van der Waals surface area contributed by atoms with Crippen molar-refractivity contribution in [2.75, 3.05) is 0 Å². The van der Waals surface area contributed by atoms with Crippen LogP contribution in [0, 0.1) is 12.7 Å². The van der Waals surface area contributed by atoms with Gasteiger partial charge < -0.3 is 0 Å². The number of hydrogen-bond donors (Lipinski definition) is 0. The van der Waals surface area contributed by atoms with Gasteiger partial charge in [0.1, 0.15) is 5.82 Å². The maximum atomic E-state index is 13.0. The van der Waals surface area contributed by atoms with Crippen LogP contribution in [0.15, 0.2) is 36.4 Å². The molecule has 0 spiro atoms. The van der Waals surface area contributed by atoms with Crippen LogP contribution in [0.1, 0.15) is 21.5 Å². The molecule has 0 radical (unpaired) electrons. The first-order chi connectivity index (χ1) is 8.97. The van der Waals surface area contributed by atoms with Crippen LogP contribution < -0.4 is 0 Å². The van der Waals surface area contributed by atoms with Crippen molar-refractivity contribution in [3.05, 3.63) is 69.0 Å². The lowest BCUT2D eigenvalue weighted by Crippen LogP contribution is -2.06. The minimum Gasteiger partial charge on any atom is -0.294 e. The van der Waals surface area contributed by atoms with E-state index in [0.29, 0.717) is 21.2 Å². The summed E-state index contributed by atoms with van der Waals surface area (Å²) in [6.07, 6.45) is 0.212. The van der Waals surface area contributed by atoms with Gasteiger partial charge in [0.25, 0.3) is 0 Å². The van der Waals surface area contributed by atoms with Crippen LogP contribution in [0.25, 0.3) is 0 Å². The van der Waals surface area contributed by atoms with E-state index in [0.717, 1.165) is 5.56 Å². The van der Waals surface area contributed by atoms with E-state index in [1.165, 1.54) is 18.2 Å². The summed E-state index contributed by atoms with van der Waals surface area (Å²) in [6.45, 7) is 1.71. The van der Waals surface area contributed by atoms with Crippen LogP contribution in [0.3, 0.4) is 0 Å². The Morgan fingerprint density at radius 1 is 1.11 bits per heavy atom. The quantitative estimate of drug-likeness (QED) is 0.739. The van der Waals surface area contributed by atoms with Gasteiger partial charge in [0.2, 0.25) is 0 Å². The number of benzene rings is 2. The molecule has 0 heterocycles. The Morgan fingerprint density at radius 3 is 2.47 bits per heavy atom. The molecule has 0 amide bonds. The summed E-state index contributed by atoms with van der Waals surface area (Å²) >= 11 is 11.7. The molecule has 19 heavy (non-hydrogen) atoms. The molecule has 2 aromatic rings. The minimum absolute atomic E-state index is 0.0733. The minimum atomic E-state index is -0.344. The molecule has 98 valence electrons. The highest BCUT2D eigenvalue weighted by Gasteiger charge is 2.11. The van der Waals surface area contributed by atoms with Gasteiger partial charge in [-0.05, 0) is 48.4 Å². The number of carbonyl (C=O) groups is 1. The van der Waals surface area contributed by atoms with E-state index >= 15 is 0 Å². The van der Waals surface area contributed by atoms with Crippen LogP contribution in [-0.4, -0.2) is 5.78 Å². The van der Waals surface area contributed by atoms with Gasteiger partial charge in [-0.15, -0.1) is 0 Å². The number of aryl methyl sites for hydroxylation is 1. The fourth-order valence-electron chi connectivity index (χ4n) is 1.87. The molecule has 0 N–H and O–H groups in total. The number of ketones is 1. The van der Waals surface area contributed by atoms with Gasteiger partial charge in [-0.3, -0.25) is 4.79 Å². The highest BCUT2D eigenvalue weighted by atomic mass is 35.5. The van der Waals surface area contributed by atoms with E-state index in [9.17, 15) is 9.18 Å². The maximum Gasteiger partial charge on any atom is 0.167 e. The average Bonchev–Trinajstić information content (AvgIpc) is 2.33. The first-order valence-corrected chi connectivity index (χ1v) is 6.46. The Balaban J connectivity index is 2.23. The molecule has 0 aliphatic heterocycles. The monoisotopic (exact) mass is 296 g/mol. The third-order valence-electron chi connectivity index (χ3n) is 2.84. The molecule has 1 nitrogen and oxygen atoms in total. The molecule has 0 atom stereocenters. The second kappa shape index (κ2) is 5.72. The second-order valence-electron chi connectivity index (χ2n) is 4.31. The van der Waals surface area contributed by atoms with Crippen LogP contribution in [0.2, 0.25) is 10.0 Å². The maximum absolute atomic E-state index is 13.0. The predicted molar refractivity (Wildman–Crippen MR) is 75.6 cm³/mol. The SMILES string of the molecule is Cc1cc(F)ccc1C(=O)Cc1ccc(Cl)c(Cl)c1. The van der Waals surface area contributed by atoms with Crippen molar-refractivity contribution in [1.29, 1.82) is 0 Å². The number of carbonyl (C=O) groups excluding carboxylic acids is 1. The number of rotatable bonds is 3. The highest BCUT2D eigenvalue weighted by molar-refractivity contribution is 6.42. The Bertz CT molecular complexity index is 638. The predicted octanol–water partition coefficient (Wildman–Crippen LogP) is 4.87. The van der Waals surface area contributed by atoms with Crippen molar-refractivity contribution < 1.29 is 9.18 Å². The molecular weight excluding hydrogens is 286 g/mol. The van der Waals surface area contributed by atoms with Gasteiger partial charge >= 0.3 is 0 Å². The van der Waals surface area contributed by atoms with E-state index in [-0.39, 0.29) is 18.0 Å². The molecular formula is C15H11Cl2FO. The fourth-order valence-corrected chi connectivity index (χ4v) is 2.19. The molecule has 0 aliphatic carbocycles. The molecule has 0 aromatic heterocycles. The van der Waals surface area contributed by atoms with Gasteiger partial charge in [0.15, 0.2) is 5.78 Å². The van der Waals surface area contributed by atoms with Crippen molar-refractivity contribution in [2.24, 2.45) is 0 Å².